The third-order valence-electron chi connectivity index (χ3n) is 4.89. The molecule has 0 unspecified atom stereocenters. The van der Waals surface area contributed by atoms with Gasteiger partial charge in [-0.05, 0) is 61.4 Å². The molecular weight excluding hydrogens is 378 g/mol. The van der Waals surface area contributed by atoms with Crippen molar-refractivity contribution in [2.24, 2.45) is 5.92 Å². The summed E-state index contributed by atoms with van der Waals surface area (Å²) in [5.74, 6) is -0.421. The van der Waals surface area contributed by atoms with Gasteiger partial charge in [0.2, 0.25) is 5.91 Å². The average Bonchev–Trinajstić information content (AvgIpc) is 2.74. The van der Waals surface area contributed by atoms with E-state index in [4.69, 9.17) is 11.6 Å². The number of benzene rings is 2. The van der Waals surface area contributed by atoms with Crippen LogP contribution in [-0.4, -0.2) is 42.8 Å². The predicted molar refractivity (Wildman–Crippen MR) is 109 cm³/mol. The molecule has 0 spiro atoms. The number of amides is 3. The molecule has 1 saturated heterocycles. The lowest BCUT2D eigenvalue weighted by Gasteiger charge is -2.31. The van der Waals surface area contributed by atoms with Gasteiger partial charge in [-0.1, -0.05) is 11.6 Å². The first-order valence-electron chi connectivity index (χ1n) is 9.16. The van der Waals surface area contributed by atoms with Gasteiger partial charge in [-0.25, -0.2) is 0 Å². The number of anilines is 1. The van der Waals surface area contributed by atoms with E-state index in [0.29, 0.717) is 47.8 Å². The van der Waals surface area contributed by atoms with Gasteiger partial charge >= 0.3 is 0 Å². The zero-order chi connectivity index (χ0) is 20.1. The van der Waals surface area contributed by atoms with Gasteiger partial charge in [0.25, 0.3) is 11.8 Å². The van der Waals surface area contributed by atoms with Gasteiger partial charge in [0.1, 0.15) is 0 Å². The van der Waals surface area contributed by atoms with E-state index >= 15 is 0 Å². The molecule has 28 heavy (non-hydrogen) atoms. The number of nitrogens with one attached hydrogen (secondary N) is 2. The Morgan fingerprint density at radius 2 is 1.50 bits per heavy atom. The minimum atomic E-state index is -0.171. The Hall–Kier alpha value is -2.86. The first-order chi connectivity index (χ1) is 13.5. The van der Waals surface area contributed by atoms with E-state index in [2.05, 4.69) is 10.6 Å². The van der Waals surface area contributed by atoms with E-state index in [1.807, 2.05) is 0 Å². The molecule has 1 fully saturated rings. The lowest BCUT2D eigenvalue weighted by molar-refractivity contribution is -0.121. The molecule has 2 N–H and O–H groups in total. The maximum atomic E-state index is 12.5. The summed E-state index contributed by atoms with van der Waals surface area (Å²) in [6, 6.07) is 13.6. The van der Waals surface area contributed by atoms with Crippen LogP contribution in [0.2, 0.25) is 5.02 Å². The van der Waals surface area contributed by atoms with Crippen molar-refractivity contribution in [3.63, 3.8) is 0 Å². The summed E-state index contributed by atoms with van der Waals surface area (Å²) in [5, 5.41) is 6.04. The predicted octanol–water partition coefficient (Wildman–Crippen LogP) is 3.19. The van der Waals surface area contributed by atoms with Gasteiger partial charge in [0.15, 0.2) is 0 Å². The molecule has 0 bridgehead atoms. The van der Waals surface area contributed by atoms with E-state index in [9.17, 15) is 14.4 Å². The highest BCUT2D eigenvalue weighted by molar-refractivity contribution is 6.30. The summed E-state index contributed by atoms with van der Waals surface area (Å²) < 4.78 is 0. The number of rotatable bonds is 4. The monoisotopic (exact) mass is 399 g/mol. The van der Waals surface area contributed by atoms with Crippen molar-refractivity contribution in [1.82, 2.24) is 10.2 Å². The zero-order valence-corrected chi connectivity index (χ0v) is 16.3. The zero-order valence-electron chi connectivity index (χ0n) is 15.6. The third kappa shape index (κ3) is 4.70. The Kier molecular flexibility index (Phi) is 6.31. The molecule has 1 aliphatic rings. The van der Waals surface area contributed by atoms with Gasteiger partial charge < -0.3 is 15.5 Å². The first-order valence-corrected chi connectivity index (χ1v) is 9.53. The summed E-state index contributed by atoms with van der Waals surface area (Å²) in [6.45, 7) is 1.07. The number of likely N-dealkylation sites (tertiary alicyclic amines) is 1. The van der Waals surface area contributed by atoms with Crippen LogP contribution in [0.3, 0.4) is 0 Å². The summed E-state index contributed by atoms with van der Waals surface area (Å²) in [5.41, 5.74) is 1.79. The van der Waals surface area contributed by atoms with Crippen molar-refractivity contribution in [3.8, 4) is 0 Å². The summed E-state index contributed by atoms with van der Waals surface area (Å²) >= 11 is 5.86. The quantitative estimate of drug-likeness (QED) is 0.828. The summed E-state index contributed by atoms with van der Waals surface area (Å²) in [7, 11) is 1.57. The first kappa shape index (κ1) is 19.9. The lowest BCUT2D eigenvalue weighted by Crippen LogP contribution is -2.41. The minimum absolute atomic E-state index is 0.0414. The topological polar surface area (TPSA) is 78.5 Å². The molecule has 7 heteroatoms. The standard InChI is InChI=1S/C21H22ClN3O3/c1-23-19(26)14-4-8-18(9-5-14)24-20(27)15-10-12-25(13-11-15)21(28)16-2-6-17(22)7-3-16/h2-9,15H,10-13H2,1H3,(H,23,26)(H,24,27). The Morgan fingerprint density at radius 3 is 2.07 bits per heavy atom. The number of nitrogens with zero attached hydrogens (tertiary/aromatic N) is 1. The van der Waals surface area contributed by atoms with Crippen molar-refractivity contribution < 1.29 is 14.4 Å². The van der Waals surface area contributed by atoms with Crippen molar-refractivity contribution in [3.05, 3.63) is 64.7 Å². The molecule has 3 rings (SSSR count). The van der Waals surface area contributed by atoms with E-state index in [1.165, 1.54) is 0 Å². The molecule has 0 atom stereocenters. The number of carbonyl (C=O) groups is 3. The molecule has 0 radical (unpaired) electrons. The molecule has 0 aromatic heterocycles. The van der Waals surface area contributed by atoms with Crippen LogP contribution in [0, 0.1) is 5.92 Å². The fourth-order valence-corrected chi connectivity index (χ4v) is 3.34. The fraction of sp³-hybridized carbons (Fsp3) is 0.286. The van der Waals surface area contributed by atoms with Gasteiger partial charge in [0, 0.05) is 47.9 Å². The van der Waals surface area contributed by atoms with E-state index in [0.717, 1.165) is 0 Å². The molecule has 6 nitrogen and oxygen atoms in total. The van der Waals surface area contributed by atoms with Crippen LogP contribution in [0.4, 0.5) is 5.69 Å². The molecule has 2 aromatic rings. The highest BCUT2D eigenvalue weighted by atomic mass is 35.5. The summed E-state index contributed by atoms with van der Waals surface area (Å²) in [4.78, 5) is 38.4. The summed E-state index contributed by atoms with van der Waals surface area (Å²) in [6.07, 6.45) is 1.23. The molecule has 1 aliphatic heterocycles. The lowest BCUT2D eigenvalue weighted by atomic mass is 9.95. The highest BCUT2D eigenvalue weighted by Crippen LogP contribution is 2.22. The van der Waals surface area contributed by atoms with Gasteiger partial charge in [-0.2, -0.15) is 0 Å². The largest absolute Gasteiger partial charge is 0.355 e. The van der Waals surface area contributed by atoms with Crippen molar-refractivity contribution in [2.75, 3.05) is 25.5 Å². The Balaban J connectivity index is 1.53. The maximum absolute atomic E-state index is 12.5. The van der Waals surface area contributed by atoms with Gasteiger partial charge in [-0.3, -0.25) is 14.4 Å². The average molecular weight is 400 g/mol. The van der Waals surface area contributed by atoms with Crippen LogP contribution in [0.5, 0.6) is 0 Å². The second-order valence-electron chi connectivity index (χ2n) is 6.72. The molecule has 146 valence electrons. The smallest absolute Gasteiger partial charge is 0.253 e. The van der Waals surface area contributed by atoms with Gasteiger partial charge in [0.05, 0.1) is 0 Å². The molecule has 3 amide bonds. The van der Waals surface area contributed by atoms with E-state index in [1.54, 1.807) is 60.5 Å². The molecule has 0 saturated carbocycles. The normalized spacial score (nSPS) is 14.4. The second-order valence-corrected chi connectivity index (χ2v) is 7.16. The van der Waals surface area contributed by atoms with Crippen LogP contribution < -0.4 is 10.6 Å². The minimum Gasteiger partial charge on any atom is -0.355 e. The van der Waals surface area contributed by atoms with Crippen molar-refractivity contribution >= 4 is 35.0 Å². The fourth-order valence-electron chi connectivity index (χ4n) is 3.21. The molecule has 1 heterocycles. The van der Waals surface area contributed by atoms with Crippen molar-refractivity contribution in [2.45, 2.75) is 12.8 Å². The van der Waals surface area contributed by atoms with E-state index in [-0.39, 0.29) is 23.6 Å². The van der Waals surface area contributed by atoms with E-state index < -0.39 is 0 Å². The molecule has 0 aliphatic carbocycles. The Bertz CT molecular complexity index is 857. The molecule has 2 aromatic carbocycles. The van der Waals surface area contributed by atoms with Crippen LogP contribution >= 0.6 is 11.6 Å². The molecular formula is C21H22ClN3O3. The van der Waals surface area contributed by atoms with Gasteiger partial charge in [-0.15, -0.1) is 0 Å². The second kappa shape index (κ2) is 8.89. The van der Waals surface area contributed by atoms with Crippen LogP contribution in [0.15, 0.2) is 48.5 Å². The Labute approximate surface area is 168 Å². The number of hydrogen-bond acceptors (Lipinski definition) is 3. The number of hydrogen-bond donors (Lipinski definition) is 2. The van der Waals surface area contributed by atoms with Crippen LogP contribution in [0.1, 0.15) is 33.6 Å². The maximum Gasteiger partial charge on any atom is 0.253 e. The number of piperidine rings is 1. The third-order valence-corrected chi connectivity index (χ3v) is 5.14. The van der Waals surface area contributed by atoms with Crippen LogP contribution in [-0.2, 0) is 4.79 Å². The SMILES string of the molecule is CNC(=O)c1ccc(NC(=O)C2CCN(C(=O)c3ccc(Cl)cc3)CC2)cc1. The van der Waals surface area contributed by atoms with Crippen LogP contribution in [0.25, 0.3) is 0 Å². The van der Waals surface area contributed by atoms with Crippen molar-refractivity contribution in [1.29, 1.82) is 0 Å². The highest BCUT2D eigenvalue weighted by Gasteiger charge is 2.27. The number of halogens is 1. The number of carbonyl (C=O) groups excluding carboxylic acids is 3. The Morgan fingerprint density at radius 1 is 0.929 bits per heavy atom.